The van der Waals surface area contributed by atoms with Crippen molar-refractivity contribution in [2.24, 2.45) is 0 Å². The van der Waals surface area contributed by atoms with Crippen molar-refractivity contribution >= 4 is 114 Å². The van der Waals surface area contributed by atoms with Gasteiger partial charge in [-0.05, 0) is 118 Å². The Labute approximate surface area is 566 Å². The van der Waals surface area contributed by atoms with E-state index in [9.17, 15) is 39.5 Å². The van der Waals surface area contributed by atoms with E-state index >= 15 is 9.59 Å². The molecule has 6 heterocycles. The van der Waals surface area contributed by atoms with Gasteiger partial charge in [-0.1, -0.05) is 34.8 Å². The van der Waals surface area contributed by atoms with E-state index in [1.807, 2.05) is 28.8 Å². The van der Waals surface area contributed by atoms with Crippen molar-refractivity contribution in [1.82, 2.24) is 45.0 Å². The lowest BCUT2D eigenvalue weighted by Gasteiger charge is -2.43. The quantitative estimate of drug-likeness (QED) is 0.0627. The standard InChI is InChI=1S/C64H56Cl3F9N14O8/c1-84-18-3-19-86(25-22-84)58-78-36-40-30-43(6-12-52(40)81-58)90(56(91)37-93-53-13-7-44(31-47(53)65)94-62(68,69)70)61(97-54-14-8-45(32-48(54)66)95-63(71,72)73,98-55-15-9-46(33-49(55)67)96-64(74,75)76)57(92)89(41-4-10-50-38(28-41)34-79-59(82-50)87-20-16-77-17-21-87)42-5-11-51-39(29-42)35-80-60(83-51)88-26-23-85(2)24-27-88/h4-15,28-36,77H,3,16-27,37H2,1-2H3. The maximum absolute atomic E-state index is 17.6. The fraction of sp³-hybridized carbons (Fsp3) is 0.312. The highest BCUT2D eigenvalue weighted by Crippen LogP contribution is 2.45. The van der Waals surface area contributed by atoms with Crippen molar-refractivity contribution in [3.05, 3.63) is 143 Å². The number of piperazine rings is 2. The number of amides is 2. The number of halogens is 12. The zero-order valence-electron chi connectivity index (χ0n) is 51.6. The number of carbonyl (C=O) groups is 2. The number of likely N-dealkylation sites (N-methyl/N-ethyl adjacent to an activating group) is 2. The molecule has 98 heavy (non-hydrogen) atoms. The molecular weight excluding hydrogens is 1370 g/mol. The second-order valence-corrected chi connectivity index (χ2v) is 24.0. The second-order valence-electron chi connectivity index (χ2n) is 22.8. The summed E-state index contributed by atoms with van der Waals surface area (Å²) in [5.74, 6) is -9.76. The van der Waals surface area contributed by atoms with Crippen LogP contribution in [0.3, 0.4) is 0 Å². The van der Waals surface area contributed by atoms with Gasteiger partial charge in [0.1, 0.15) is 34.5 Å². The normalized spacial score (nSPS) is 15.5. The maximum Gasteiger partial charge on any atom is 0.573 e. The van der Waals surface area contributed by atoms with E-state index in [0.29, 0.717) is 116 Å². The van der Waals surface area contributed by atoms with Gasteiger partial charge in [-0.25, -0.2) is 34.8 Å². The van der Waals surface area contributed by atoms with Gasteiger partial charge in [-0.2, -0.15) is 0 Å². The average Bonchev–Trinajstić information content (AvgIpc) is 0.751. The summed E-state index contributed by atoms with van der Waals surface area (Å²) in [5.41, 5.74) is 0.610. The molecule has 3 saturated heterocycles. The van der Waals surface area contributed by atoms with Crippen LogP contribution in [0.1, 0.15) is 6.42 Å². The highest BCUT2D eigenvalue weighted by atomic mass is 35.5. The molecule has 3 aromatic heterocycles. The van der Waals surface area contributed by atoms with Crippen LogP contribution >= 0.6 is 34.8 Å². The van der Waals surface area contributed by atoms with Gasteiger partial charge in [-0.15, -0.1) is 39.5 Å². The van der Waals surface area contributed by atoms with E-state index in [2.05, 4.69) is 34.3 Å². The zero-order valence-corrected chi connectivity index (χ0v) is 53.9. The molecule has 0 atom stereocenters. The van der Waals surface area contributed by atoms with E-state index in [1.165, 1.54) is 61.1 Å². The van der Waals surface area contributed by atoms with Gasteiger partial charge in [0.05, 0.1) is 48.7 Å². The molecule has 0 radical (unpaired) electrons. The molecule has 3 aliphatic rings. The third-order valence-electron chi connectivity index (χ3n) is 15.9. The lowest BCUT2D eigenvalue weighted by Crippen LogP contribution is -2.69. The van der Waals surface area contributed by atoms with E-state index in [4.69, 9.17) is 73.9 Å². The Morgan fingerprint density at radius 2 is 0.857 bits per heavy atom. The number of nitrogens with zero attached hydrogens (tertiary/aromatic N) is 13. The molecule has 12 rings (SSSR count). The molecule has 514 valence electrons. The van der Waals surface area contributed by atoms with Gasteiger partial charge in [0.25, 0.3) is 5.91 Å². The second kappa shape index (κ2) is 28.2. The molecule has 0 bridgehead atoms. The Morgan fingerprint density at radius 3 is 1.29 bits per heavy atom. The summed E-state index contributed by atoms with van der Waals surface area (Å²) in [5, 5.41) is 2.19. The summed E-state index contributed by atoms with van der Waals surface area (Å²) in [6, 6.07) is 20.3. The SMILES string of the molecule is CN1CCCN(c2ncc3cc(N(C(=O)COc4ccc(OC(F)(F)F)cc4Cl)C(Oc4ccc(OC(F)(F)F)cc4Cl)(Oc4ccc(OC(F)(F)F)cc4Cl)C(=O)N(c4ccc5nc(N6CCNCC6)ncc5c4)c4ccc5nc(N6CCN(C)CC6)ncc5c4)ccc3n2)CC1. The molecule has 34 heteroatoms. The Bertz CT molecular complexity index is 4370. The molecule has 0 saturated carbocycles. The molecule has 2 amide bonds. The number of alkyl halides is 9. The molecule has 0 spiro atoms. The molecule has 3 aliphatic heterocycles. The minimum absolute atomic E-state index is 0.0523. The molecule has 22 nitrogen and oxygen atoms in total. The molecule has 1 N–H and O–H groups in total. The fourth-order valence-electron chi connectivity index (χ4n) is 11.1. The largest absolute Gasteiger partial charge is 0.573 e. The first kappa shape index (κ1) is 68.5. The van der Waals surface area contributed by atoms with Crippen molar-refractivity contribution in [2.45, 2.75) is 31.4 Å². The summed E-state index contributed by atoms with van der Waals surface area (Å²) in [7, 11) is 3.97. The predicted octanol–water partition coefficient (Wildman–Crippen LogP) is 12.1. The number of hydrogen-bond acceptors (Lipinski definition) is 20. The topological polar surface area (TPSA) is 202 Å². The number of aromatic nitrogens is 6. The Kier molecular flexibility index (Phi) is 19.7. The van der Waals surface area contributed by atoms with E-state index < -0.39 is 93.0 Å². The minimum Gasteiger partial charge on any atom is -0.482 e. The molecule has 6 aromatic carbocycles. The number of nitrogens with one attached hydrogen (secondary N) is 1. The first-order valence-corrected chi connectivity index (χ1v) is 31.3. The van der Waals surface area contributed by atoms with Crippen LogP contribution in [-0.4, -0.2) is 176 Å². The molecule has 3 fully saturated rings. The molecular formula is C64H56Cl3F9N14O8. The zero-order chi connectivity index (χ0) is 69.3. The van der Waals surface area contributed by atoms with Gasteiger partial charge in [0.2, 0.25) is 17.8 Å². The minimum atomic E-state index is -5.27. The molecule has 9 aromatic rings. The monoisotopic (exact) mass is 1420 g/mol. The smallest absolute Gasteiger partial charge is 0.482 e. The third kappa shape index (κ3) is 16.1. The summed E-state index contributed by atoms with van der Waals surface area (Å²) in [6.45, 7) is 6.53. The summed E-state index contributed by atoms with van der Waals surface area (Å²) in [6.07, 6.45) is -10.5. The van der Waals surface area contributed by atoms with Crippen molar-refractivity contribution in [1.29, 1.82) is 0 Å². The Balaban J connectivity index is 1.11. The third-order valence-corrected chi connectivity index (χ3v) is 16.8. The fourth-order valence-corrected chi connectivity index (χ4v) is 11.8. The van der Waals surface area contributed by atoms with Crippen LogP contribution in [0.2, 0.25) is 15.1 Å². The summed E-state index contributed by atoms with van der Waals surface area (Å²) >= 11 is 20.3. The lowest BCUT2D eigenvalue weighted by molar-refractivity contribution is -0.275. The number of carbonyl (C=O) groups excluding carboxylic acids is 2. The van der Waals surface area contributed by atoms with Gasteiger partial charge >= 0.3 is 30.9 Å². The number of ether oxygens (including phenoxy) is 6. The van der Waals surface area contributed by atoms with Crippen molar-refractivity contribution in [3.63, 3.8) is 0 Å². The van der Waals surface area contributed by atoms with Crippen molar-refractivity contribution in [3.8, 4) is 34.5 Å². The van der Waals surface area contributed by atoms with E-state index in [-0.39, 0.29) is 28.0 Å². The van der Waals surface area contributed by atoms with Crippen molar-refractivity contribution < 1.29 is 77.5 Å². The Morgan fingerprint density at radius 1 is 0.469 bits per heavy atom. The number of fused-ring (bicyclic) bond motifs is 3. The Hall–Kier alpha value is -9.40. The van der Waals surface area contributed by atoms with Gasteiger partial charge in [0.15, 0.2) is 6.61 Å². The van der Waals surface area contributed by atoms with Crippen LogP contribution < -0.4 is 58.2 Å². The van der Waals surface area contributed by atoms with Crippen molar-refractivity contribution in [2.75, 3.05) is 124 Å². The van der Waals surface area contributed by atoms with Crippen LogP contribution in [-0.2, 0) is 9.59 Å². The lowest BCUT2D eigenvalue weighted by atomic mass is 10.1. The average molecular weight is 1430 g/mol. The predicted molar refractivity (Wildman–Crippen MR) is 346 cm³/mol. The number of benzene rings is 6. The number of anilines is 6. The maximum atomic E-state index is 17.6. The van der Waals surface area contributed by atoms with Crippen LogP contribution in [0.4, 0.5) is 74.4 Å². The van der Waals surface area contributed by atoms with Gasteiger partial charge in [-0.3, -0.25) is 14.5 Å². The van der Waals surface area contributed by atoms with E-state index in [0.717, 1.165) is 73.4 Å². The highest BCUT2D eigenvalue weighted by Gasteiger charge is 2.58. The molecule has 0 unspecified atom stereocenters. The van der Waals surface area contributed by atoms with Crippen LogP contribution in [0.25, 0.3) is 32.7 Å². The summed E-state index contributed by atoms with van der Waals surface area (Å²) in [4.78, 5) is 74.4. The highest BCUT2D eigenvalue weighted by molar-refractivity contribution is 6.33. The van der Waals surface area contributed by atoms with Gasteiger partial charge in [0, 0.05) is 125 Å². The first-order chi connectivity index (χ1) is 46.7. The number of hydrogen-bond donors (Lipinski definition) is 1. The summed E-state index contributed by atoms with van der Waals surface area (Å²) < 4.78 is 156. The van der Waals surface area contributed by atoms with Crippen LogP contribution in [0.15, 0.2) is 128 Å². The van der Waals surface area contributed by atoms with Gasteiger partial charge < -0.3 is 58.2 Å². The van der Waals surface area contributed by atoms with Crippen LogP contribution in [0.5, 0.6) is 34.5 Å². The van der Waals surface area contributed by atoms with E-state index in [1.54, 1.807) is 12.1 Å². The first-order valence-electron chi connectivity index (χ1n) is 30.2. The molecule has 0 aliphatic carbocycles. The van der Waals surface area contributed by atoms with Crippen LogP contribution in [0, 0.1) is 0 Å². The number of rotatable bonds is 18.